The Kier molecular flexibility index (Phi) is 4.31. The number of aliphatic hydroxyl groups excluding tert-OH is 1. The van der Waals surface area contributed by atoms with Gasteiger partial charge in [-0.15, -0.1) is 0 Å². The van der Waals surface area contributed by atoms with E-state index >= 15 is 0 Å². The van der Waals surface area contributed by atoms with Crippen LogP contribution in [0.25, 0.3) is 0 Å². The smallest absolute Gasteiger partial charge is 0.106 e. The zero-order valence-corrected chi connectivity index (χ0v) is 12.4. The summed E-state index contributed by atoms with van der Waals surface area (Å²) < 4.78 is 1.07. The van der Waals surface area contributed by atoms with Crippen LogP contribution in [0.1, 0.15) is 17.2 Å². The average Bonchev–Trinajstić information content (AvgIpc) is 2.32. The maximum absolute atomic E-state index is 10.3. The Labute approximate surface area is 124 Å². The van der Waals surface area contributed by atoms with E-state index in [0.29, 0.717) is 15.6 Å². The van der Waals surface area contributed by atoms with Gasteiger partial charge in [0.25, 0.3) is 0 Å². The van der Waals surface area contributed by atoms with Crippen LogP contribution in [0.5, 0.6) is 0 Å². The monoisotopic (exact) mass is 378 g/mol. The second kappa shape index (κ2) is 5.57. The third-order valence-electron chi connectivity index (χ3n) is 2.44. The maximum Gasteiger partial charge on any atom is 0.106 e. The Morgan fingerprint density at radius 1 is 1.06 bits per heavy atom. The van der Waals surface area contributed by atoms with Gasteiger partial charge in [-0.2, -0.15) is 0 Å². The maximum atomic E-state index is 10.3. The molecule has 1 nitrogen and oxygen atoms in total. The Bertz CT molecular complexity index is 543. The number of hydrogen-bond acceptors (Lipinski definition) is 1. The number of hydrogen-bond donors (Lipinski definition) is 1. The van der Waals surface area contributed by atoms with E-state index < -0.39 is 6.10 Å². The molecule has 0 aliphatic rings. The summed E-state index contributed by atoms with van der Waals surface area (Å²) in [6, 6.07) is 12.9. The molecule has 1 atom stereocenters. The highest BCUT2D eigenvalue weighted by Crippen LogP contribution is 2.33. The van der Waals surface area contributed by atoms with E-state index in [1.54, 1.807) is 18.2 Å². The van der Waals surface area contributed by atoms with Gasteiger partial charge in [0.05, 0.1) is 10.0 Å². The Morgan fingerprint density at radius 2 is 1.76 bits per heavy atom. The fourth-order valence-corrected chi connectivity index (χ4v) is 2.57. The van der Waals surface area contributed by atoms with Gasteiger partial charge in [0.15, 0.2) is 0 Å². The highest BCUT2D eigenvalue weighted by molar-refractivity contribution is 14.1. The first-order valence-corrected chi connectivity index (χ1v) is 6.80. The summed E-state index contributed by atoms with van der Waals surface area (Å²) in [4.78, 5) is 0. The Morgan fingerprint density at radius 3 is 2.47 bits per heavy atom. The van der Waals surface area contributed by atoms with Gasteiger partial charge in [0.2, 0.25) is 0 Å². The molecule has 17 heavy (non-hydrogen) atoms. The summed E-state index contributed by atoms with van der Waals surface area (Å²) in [5.41, 5.74) is 1.43. The van der Waals surface area contributed by atoms with Crippen LogP contribution in [0.4, 0.5) is 0 Å². The van der Waals surface area contributed by atoms with Gasteiger partial charge in [-0.25, -0.2) is 0 Å². The van der Waals surface area contributed by atoms with Crippen LogP contribution in [0.3, 0.4) is 0 Å². The molecule has 1 unspecified atom stereocenters. The molecule has 0 fully saturated rings. The lowest BCUT2D eigenvalue weighted by Crippen LogP contribution is -2.00. The van der Waals surface area contributed by atoms with Crippen molar-refractivity contribution >= 4 is 45.8 Å². The molecule has 2 aromatic rings. The lowest BCUT2D eigenvalue weighted by Gasteiger charge is -2.14. The predicted octanol–water partition coefficient (Wildman–Crippen LogP) is 4.68. The van der Waals surface area contributed by atoms with Crippen LogP contribution in [0.15, 0.2) is 42.5 Å². The third kappa shape index (κ3) is 2.94. The third-order valence-corrected chi connectivity index (χ3v) is 3.94. The first-order valence-electron chi connectivity index (χ1n) is 4.97. The van der Waals surface area contributed by atoms with E-state index in [-0.39, 0.29) is 0 Å². The molecule has 0 aromatic heterocycles. The molecule has 4 heteroatoms. The van der Waals surface area contributed by atoms with E-state index in [4.69, 9.17) is 23.2 Å². The fraction of sp³-hybridized carbons (Fsp3) is 0.0769. The number of aliphatic hydroxyl groups is 1. The molecule has 1 N–H and O–H groups in total. The van der Waals surface area contributed by atoms with Gasteiger partial charge in [0.1, 0.15) is 6.10 Å². The molecule has 0 aliphatic carbocycles. The van der Waals surface area contributed by atoms with E-state index in [1.807, 2.05) is 24.3 Å². The molecule has 0 aliphatic heterocycles. The van der Waals surface area contributed by atoms with Gasteiger partial charge < -0.3 is 5.11 Å². The minimum atomic E-state index is -0.754. The van der Waals surface area contributed by atoms with Gasteiger partial charge in [-0.3, -0.25) is 0 Å². The zero-order valence-electron chi connectivity index (χ0n) is 8.70. The van der Waals surface area contributed by atoms with Crippen molar-refractivity contribution in [1.29, 1.82) is 0 Å². The summed E-state index contributed by atoms with van der Waals surface area (Å²) in [6.07, 6.45) is -0.754. The van der Waals surface area contributed by atoms with Crippen LogP contribution >= 0.6 is 45.8 Å². The van der Waals surface area contributed by atoms with Crippen molar-refractivity contribution in [2.75, 3.05) is 0 Å². The number of benzene rings is 2. The largest absolute Gasteiger partial charge is 0.384 e. The van der Waals surface area contributed by atoms with Crippen LogP contribution in [0.2, 0.25) is 10.0 Å². The summed E-state index contributed by atoms with van der Waals surface area (Å²) >= 11 is 14.2. The van der Waals surface area contributed by atoms with Gasteiger partial charge in [-0.05, 0) is 46.4 Å². The van der Waals surface area contributed by atoms with Crippen LogP contribution in [-0.4, -0.2) is 5.11 Å². The summed E-state index contributed by atoms with van der Waals surface area (Å²) in [7, 11) is 0. The van der Waals surface area contributed by atoms with Crippen molar-refractivity contribution in [3.63, 3.8) is 0 Å². The van der Waals surface area contributed by atoms with E-state index in [1.165, 1.54) is 0 Å². The molecule has 0 saturated heterocycles. The molecule has 88 valence electrons. The van der Waals surface area contributed by atoms with Gasteiger partial charge in [-0.1, -0.05) is 47.5 Å². The molecule has 0 heterocycles. The van der Waals surface area contributed by atoms with E-state index in [2.05, 4.69) is 22.6 Å². The van der Waals surface area contributed by atoms with Crippen molar-refractivity contribution in [2.24, 2.45) is 0 Å². The number of halogens is 3. The van der Waals surface area contributed by atoms with Crippen molar-refractivity contribution in [1.82, 2.24) is 0 Å². The quantitative estimate of drug-likeness (QED) is 0.752. The molecule has 2 rings (SSSR count). The molecular formula is C13H9Cl2IO. The summed E-state index contributed by atoms with van der Waals surface area (Å²) in [5.74, 6) is 0. The van der Waals surface area contributed by atoms with Crippen molar-refractivity contribution in [3.8, 4) is 0 Å². The second-order valence-electron chi connectivity index (χ2n) is 3.60. The standard InChI is InChI=1S/C13H9Cl2IO/c14-11-6-2-5-10(12(11)15)13(17)8-3-1-4-9(16)7-8/h1-7,13,17H. The highest BCUT2D eigenvalue weighted by Gasteiger charge is 2.15. The molecule has 2 aromatic carbocycles. The molecule has 0 bridgehead atoms. The van der Waals surface area contributed by atoms with Crippen molar-refractivity contribution in [3.05, 3.63) is 67.2 Å². The molecule has 0 radical (unpaired) electrons. The highest BCUT2D eigenvalue weighted by atomic mass is 127. The molecule has 0 spiro atoms. The van der Waals surface area contributed by atoms with E-state index in [9.17, 15) is 5.11 Å². The fourth-order valence-electron chi connectivity index (χ4n) is 1.59. The summed E-state index contributed by atoms with van der Waals surface area (Å²) in [6.45, 7) is 0. The lowest BCUT2D eigenvalue weighted by molar-refractivity contribution is 0.220. The van der Waals surface area contributed by atoms with Gasteiger partial charge in [0, 0.05) is 9.13 Å². The SMILES string of the molecule is OC(c1cccc(I)c1)c1cccc(Cl)c1Cl. The molecule has 0 saturated carbocycles. The second-order valence-corrected chi connectivity index (χ2v) is 5.63. The number of rotatable bonds is 2. The molecule has 0 amide bonds. The van der Waals surface area contributed by atoms with Crippen molar-refractivity contribution < 1.29 is 5.11 Å². The van der Waals surface area contributed by atoms with E-state index in [0.717, 1.165) is 9.13 Å². The average molecular weight is 379 g/mol. The normalized spacial score (nSPS) is 12.5. The van der Waals surface area contributed by atoms with Crippen LogP contribution < -0.4 is 0 Å². The summed E-state index contributed by atoms with van der Waals surface area (Å²) in [5, 5.41) is 11.1. The first-order chi connectivity index (χ1) is 8.09. The van der Waals surface area contributed by atoms with Gasteiger partial charge >= 0.3 is 0 Å². The molecular weight excluding hydrogens is 370 g/mol. The van der Waals surface area contributed by atoms with Crippen molar-refractivity contribution in [2.45, 2.75) is 6.10 Å². The minimum Gasteiger partial charge on any atom is -0.384 e. The topological polar surface area (TPSA) is 20.2 Å². The lowest BCUT2D eigenvalue weighted by atomic mass is 10.0. The Hall–Kier alpha value is -0.290. The predicted molar refractivity (Wildman–Crippen MR) is 79.7 cm³/mol. The van der Waals surface area contributed by atoms with Crippen LogP contribution in [0, 0.1) is 3.57 Å². The first kappa shape index (κ1) is 13.1. The van der Waals surface area contributed by atoms with Crippen LogP contribution in [-0.2, 0) is 0 Å². The zero-order chi connectivity index (χ0) is 12.4. The Balaban J connectivity index is 2.44. The minimum absolute atomic E-state index is 0.403.